The number of fused-ring (bicyclic) bond motifs is 1. The first-order valence-corrected chi connectivity index (χ1v) is 6.88. The lowest BCUT2D eigenvalue weighted by molar-refractivity contribution is 1.35. The molecule has 0 amide bonds. The molecule has 3 rings (SSSR count). The van der Waals surface area contributed by atoms with Gasteiger partial charge in [0, 0.05) is 5.39 Å². The van der Waals surface area contributed by atoms with Gasteiger partial charge in [0.1, 0.15) is 5.82 Å². The molecular formula is C17H12ClN3. The number of pyridine rings is 1. The standard InChI is InChI=1S/C17H12ClN3/c1-11-6-7-14(18)16(8-11)21-17-9-12(10-19)13-4-2-3-5-15(13)20-17/h2-9H,1H3,(H,20,21). The summed E-state index contributed by atoms with van der Waals surface area (Å²) in [6.07, 6.45) is 0. The van der Waals surface area contributed by atoms with E-state index in [1.54, 1.807) is 6.07 Å². The fourth-order valence-corrected chi connectivity index (χ4v) is 2.37. The summed E-state index contributed by atoms with van der Waals surface area (Å²) >= 11 is 6.18. The van der Waals surface area contributed by atoms with Crippen molar-refractivity contribution >= 4 is 34.0 Å². The number of benzene rings is 2. The minimum atomic E-state index is 0.590. The molecule has 4 heteroatoms. The van der Waals surface area contributed by atoms with E-state index in [9.17, 15) is 5.26 Å². The predicted molar refractivity (Wildman–Crippen MR) is 85.9 cm³/mol. The van der Waals surface area contributed by atoms with Crippen molar-refractivity contribution < 1.29 is 0 Å². The first kappa shape index (κ1) is 13.4. The molecule has 0 radical (unpaired) electrons. The molecule has 0 atom stereocenters. The van der Waals surface area contributed by atoms with Crippen molar-refractivity contribution in [3.05, 3.63) is 64.7 Å². The Kier molecular flexibility index (Phi) is 3.47. The van der Waals surface area contributed by atoms with Gasteiger partial charge in [-0.2, -0.15) is 5.26 Å². The number of para-hydroxylation sites is 1. The van der Waals surface area contributed by atoms with Crippen LogP contribution in [-0.4, -0.2) is 4.98 Å². The average Bonchev–Trinajstić information content (AvgIpc) is 2.50. The first-order valence-electron chi connectivity index (χ1n) is 6.50. The number of hydrogen-bond acceptors (Lipinski definition) is 3. The number of aryl methyl sites for hydroxylation is 1. The summed E-state index contributed by atoms with van der Waals surface area (Å²) in [5.41, 5.74) is 3.25. The van der Waals surface area contributed by atoms with Gasteiger partial charge in [-0.15, -0.1) is 0 Å². The number of rotatable bonds is 2. The number of anilines is 2. The second kappa shape index (κ2) is 5.43. The Morgan fingerprint density at radius 1 is 1.14 bits per heavy atom. The fourth-order valence-electron chi connectivity index (χ4n) is 2.20. The Bertz CT molecular complexity index is 866. The molecule has 0 aliphatic heterocycles. The van der Waals surface area contributed by atoms with Gasteiger partial charge in [-0.3, -0.25) is 0 Å². The highest BCUT2D eigenvalue weighted by Crippen LogP contribution is 2.27. The zero-order valence-electron chi connectivity index (χ0n) is 11.4. The summed E-state index contributed by atoms with van der Waals surface area (Å²) in [4.78, 5) is 4.53. The monoisotopic (exact) mass is 293 g/mol. The van der Waals surface area contributed by atoms with Gasteiger partial charge >= 0.3 is 0 Å². The molecule has 0 fully saturated rings. The van der Waals surface area contributed by atoms with Crippen LogP contribution in [0.3, 0.4) is 0 Å². The maximum absolute atomic E-state index is 9.29. The van der Waals surface area contributed by atoms with Crippen molar-refractivity contribution in [2.45, 2.75) is 6.92 Å². The molecule has 0 saturated heterocycles. The molecule has 2 aromatic carbocycles. The Hall–Kier alpha value is -2.57. The second-order valence-corrected chi connectivity index (χ2v) is 5.20. The number of nitriles is 1. The van der Waals surface area contributed by atoms with Crippen LogP contribution < -0.4 is 5.32 Å². The van der Waals surface area contributed by atoms with Crippen LogP contribution in [0.15, 0.2) is 48.5 Å². The van der Waals surface area contributed by atoms with E-state index >= 15 is 0 Å². The van der Waals surface area contributed by atoms with Crippen LogP contribution in [0.1, 0.15) is 11.1 Å². The molecule has 3 aromatic rings. The first-order chi connectivity index (χ1) is 10.2. The molecule has 1 heterocycles. The van der Waals surface area contributed by atoms with E-state index in [1.165, 1.54) is 0 Å². The van der Waals surface area contributed by atoms with Crippen molar-refractivity contribution in [3.63, 3.8) is 0 Å². The van der Waals surface area contributed by atoms with Crippen molar-refractivity contribution in [2.24, 2.45) is 0 Å². The molecule has 1 aromatic heterocycles. The van der Waals surface area contributed by atoms with E-state index < -0.39 is 0 Å². The van der Waals surface area contributed by atoms with Crippen molar-refractivity contribution in [1.82, 2.24) is 4.98 Å². The van der Waals surface area contributed by atoms with Crippen LogP contribution in [0.2, 0.25) is 5.02 Å². The molecule has 21 heavy (non-hydrogen) atoms. The van der Waals surface area contributed by atoms with E-state index in [4.69, 9.17) is 11.6 Å². The molecule has 0 spiro atoms. The fraction of sp³-hybridized carbons (Fsp3) is 0.0588. The lowest BCUT2D eigenvalue weighted by Crippen LogP contribution is -1.96. The summed E-state index contributed by atoms with van der Waals surface area (Å²) in [5.74, 6) is 0.609. The van der Waals surface area contributed by atoms with E-state index in [0.717, 1.165) is 22.2 Å². The Balaban J connectivity index is 2.09. The molecule has 0 aliphatic rings. The van der Waals surface area contributed by atoms with Gasteiger partial charge in [-0.1, -0.05) is 35.9 Å². The van der Waals surface area contributed by atoms with Crippen molar-refractivity contribution in [2.75, 3.05) is 5.32 Å². The van der Waals surface area contributed by atoms with Gasteiger partial charge in [0.25, 0.3) is 0 Å². The molecule has 0 bridgehead atoms. The third-order valence-electron chi connectivity index (χ3n) is 3.22. The van der Waals surface area contributed by atoms with Gasteiger partial charge in [0.15, 0.2) is 0 Å². The van der Waals surface area contributed by atoms with Crippen LogP contribution in [0, 0.1) is 18.3 Å². The smallest absolute Gasteiger partial charge is 0.132 e. The Labute approximate surface area is 127 Å². The molecule has 0 unspecified atom stereocenters. The quantitative estimate of drug-likeness (QED) is 0.737. The van der Waals surface area contributed by atoms with Crippen LogP contribution >= 0.6 is 11.6 Å². The summed E-state index contributed by atoms with van der Waals surface area (Å²) in [6, 6.07) is 17.3. The second-order valence-electron chi connectivity index (χ2n) is 4.79. The highest BCUT2D eigenvalue weighted by atomic mass is 35.5. The van der Waals surface area contributed by atoms with Gasteiger partial charge in [0.2, 0.25) is 0 Å². The number of nitrogens with one attached hydrogen (secondary N) is 1. The van der Waals surface area contributed by atoms with Gasteiger partial charge in [0.05, 0.1) is 27.9 Å². The molecular weight excluding hydrogens is 282 g/mol. The Morgan fingerprint density at radius 3 is 2.76 bits per heavy atom. The number of halogens is 1. The summed E-state index contributed by atoms with van der Waals surface area (Å²) in [7, 11) is 0. The third kappa shape index (κ3) is 2.67. The highest BCUT2D eigenvalue weighted by Gasteiger charge is 2.07. The van der Waals surface area contributed by atoms with E-state index in [1.807, 2.05) is 49.4 Å². The highest BCUT2D eigenvalue weighted by molar-refractivity contribution is 6.33. The minimum Gasteiger partial charge on any atom is -0.339 e. The van der Waals surface area contributed by atoms with Crippen LogP contribution in [-0.2, 0) is 0 Å². The normalized spacial score (nSPS) is 10.3. The molecule has 102 valence electrons. The van der Waals surface area contributed by atoms with Gasteiger partial charge in [-0.25, -0.2) is 4.98 Å². The molecule has 3 nitrogen and oxygen atoms in total. The van der Waals surface area contributed by atoms with Gasteiger partial charge < -0.3 is 5.32 Å². The van der Waals surface area contributed by atoms with Crippen LogP contribution in [0.25, 0.3) is 10.9 Å². The number of aromatic nitrogens is 1. The summed E-state index contributed by atoms with van der Waals surface area (Å²) < 4.78 is 0. The van der Waals surface area contributed by atoms with E-state index in [-0.39, 0.29) is 0 Å². The zero-order valence-corrected chi connectivity index (χ0v) is 12.1. The van der Waals surface area contributed by atoms with Crippen molar-refractivity contribution in [3.8, 4) is 6.07 Å². The SMILES string of the molecule is Cc1ccc(Cl)c(Nc2cc(C#N)c3ccccc3n2)c1. The maximum atomic E-state index is 9.29. The lowest BCUT2D eigenvalue weighted by atomic mass is 10.1. The zero-order chi connectivity index (χ0) is 14.8. The summed E-state index contributed by atoms with van der Waals surface area (Å²) in [5, 5.41) is 13.9. The minimum absolute atomic E-state index is 0.590. The third-order valence-corrected chi connectivity index (χ3v) is 3.55. The molecule has 0 aliphatic carbocycles. The number of hydrogen-bond donors (Lipinski definition) is 1. The van der Waals surface area contributed by atoms with Crippen LogP contribution in [0.4, 0.5) is 11.5 Å². The topological polar surface area (TPSA) is 48.7 Å². The van der Waals surface area contributed by atoms with Crippen LogP contribution in [0.5, 0.6) is 0 Å². The van der Waals surface area contributed by atoms with Gasteiger partial charge in [-0.05, 0) is 36.8 Å². The van der Waals surface area contributed by atoms with Crippen molar-refractivity contribution in [1.29, 1.82) is 5.26 Å². The summed E-state index contributed by atoms with van der Waals surface area (Å²) in [6.45, 7) is 2.00. The predicted octanol–water partition coefficient (Wildman–Crippen LogP) is 4.81. The number of nitrogens with zero attached hydrogens (tertiary/aromatic N) is 2. The largest absolute Gasteiger partial charge is 0.339 e. The molecule has 0 saturated carbocycles. The lowest BCUT2D eigenvalue weighted by Gasteiger charge is -2.10. The van der Waals surface area contributed by atoms with E-state index in [0.29, 0.717) is 16.4 Å². The average molecular weight is 294 g/mol. The van der Waals surface area contributed by atoms with E-state index in [2.05, 4.69) is 16.4 Å². The molecule has 1 N–H and O–H groups in total. The maximum Gasteiger partial charge on any atom is 0.132 e. The Morgan fingerprint density at radius 2 is 1.95 bits per heavy atom.